The molecule has 17 heavy (non-hydrogen) atoms. The number of hydrogen-bond donors (Lipinski definition) is 1. The highest BCUT2D eigenvalue weighted by Crippen LogP contribution is 2.32. The molecule has 2 rings (SSSR count). The van der Waals surface area contributed by atoms with E-state index in [4.69, 9.17) is 22.1 Å². The van der Waals surface area contributed by atoms with E-state index in [0.29, 0.717) is 5.02 Å². The molecule has 2 N–H and O–H groups in total. The second-order valence-corrected chi connectivity index (χ2v) is 3.77. The molecule has 0 amide bonds. The summed E-state index contributed by atoms with van der Waals surface area (Å²) in [5.74, 6) is -1.17. The van der Waals surface area contributed by atoms with Crippen LogP contribution < -0.4 is 10.5 Å². The summed E-state index contributed by atoms with van der Waals surface area (Å²) in [6.45, 7) is 0. The third-order valence-electron chi connectivity index (χ3n) is 2.08. The van der Waals surface area contributed by atoms with E-state index in [9.17, 15) is 8.78 Å². The summed E-state index contributed by atoms with van der Waals surface area (Å²) < 4.78 is 31.1. The van der Waals surface area contributed by atoms with Crippen molar-refractivity contribution in [1.82, 2.24) is 0 Å². The first kappa shape index (κ1) is 11.7. The van der Waals surface area contributed by atoms with Gasteiger partial charge in [0, 0.05) is 18.2 Å². The monoisotopic (exact) mass is 255 g/mol. The molecule has 0 aliphatic carbocycles. The molecule has 0 fully saturated rings. The van der Waals surface area contributed by atoms with Crippen molar-refractivity contribution in [2.45, 2.75) is 0 Å². The SMILES string of the molecule is Nc1c(Cl)cccc1Oc1cc(F)cc(F)c1. The van der Waals surface area contributed by atoms with Crippen molar-refractivity contribution in [1.29, 1.82) is 0 Å². The largest absolute Gasteiger partial charge is 0.455 e. The van der Waals surface area contributed by atoms with Crippen LogP contribution in [0.2, 0.25) is 5.02 Å². The Morgan fingerprint density at radius 3 is 2.35 bits per heavy atom. The van der Waals surface area contributed by atoms with Crippen LogP contribution in [0.1, 0.15) is 0 Å². The van der Waals surface area contributed by atoms with Gasteiger partial charge in [-0.1, -0.05) is 17.7 Å². The predicted octanol–water partition coefficient (Wildman–Crippen LogP) is 3.99. The quantitative estimate of drug-likeness (QED) is 0.824. The Labute approximate surface area is 102 Å². The highest BCUT2D eigenvalue weighted by Gasteiger charge is 2.07. The van der Waals surface area contributed by atoms with Crippen molar-refractivity contribution >= 4 is 17.3 Å². The van der Waals surface area contributed by atoms with Crippen LogP contribution in [0.4, 0.5) is 14.5 Å². The topological polar surface area (TPSA) is 35.2 Å². The van der Waals surface area contributed by atoms with Gasteiger partial charge in [-0.3, -0.25) is 0 Å². The average Bonchev–Trinajstić information content (AvgIpc) is 2.23. The van der Waals surface area contributed by atoms with Crippen molar-refractivity contribution in [3.63, 3.8) is 0 Å². The molecule has 0 bridgehead atoms. The smallest absolute Gasteiger partial charge is 0.151 e. The van der Waals surface area contributed by atoms with Crippen LogP contribution in [0.5, 0.6) is 11.5 Å². The third kappa shape index (κ3) is 2.65. The molecule has 0 saturated heterocycles. The Kier molecular flexibility index (Phi) is 3.15. The van der Waals surface area contributed by atoms with Gasteiger partial charge in [-0.2, -0.15) is 0 Å². The molecule has 2 aromatic rings. The van der Waals surface area contributed by atoms with E-state index in [0.717, 1.165) is 18.2 Å². The number of nitrogen functional groups attached to an aromatic ring is 1. The lowest BCUT2D eigenvalue weighted by Crippen LogP contribution is -1.93. The Bertz CT molecular complexity index is 540. The summed E-state index contributed by atoms with van der Waals surface area (Å²) in [6.07, 6.45) is 0. The first-order chi connectivity index (χ1) is 8.06. The van der Waals surface area contributed by atoms with Gasteiger partial charge in [0.2, 0.25) is 0 Å². The number of para-hydroxylation sites is 1. The summed E-state index contributed by atoms with van der Waals surface area (Å²) in [7, 11) is 0. The summed E-state index contributed by atoms with van der Waals surface area (Å²) in [4.78, 5) is 0. The van der Waals surface area contributed by atoms with E-state index >= 15 is 0 Å². The maximum Gasteiger partial charge on any atom is 0.151 e. The maximum atomic E-state index is 12.9. The molecule has 0 aliphatic rings. The Morgan fingerprint density at radius 2 is 1.71 bits per heavy atom. The van der Waals surface area contributed by atoms with E-state index in [1.807, 2.05) is 0 Å². The first-order valence-electron chi connectivity index (χ1n) is 4.74. The number of nitrogens with two attached hydrogens (primary N) is 1. The molecule has 0 atom stereocenters. The van der Waals surface area contributed by atoms with E-state index in [-0.39, 0.29) is 17.2 Å². The van der Waals surface area contributed by atoms with Gasteiger partial charge in [-0.15, -0.1) is 0 Å². The van der Waals surface area contributed by atoms with Crippen molar-refractivity contribution in [3.05, 3.63) is 53.1 Å². The molecule has 0 radical (unpaired) electrons. The molecule has 0 aromatic heterocycles. The summed E-state index contributed by atoms with van der Waals surface area (Å²) in [5.41, 5.74) is 5.88. The highest BCUT2D eigenvalue weighted by molar-refractivity contribution is 6.33. The minimum absolute atomic E-state index is 0.0245. The van der Waals surface area contributed by atoms with Gasteiger partial charge < -0.3 is 10.5 Å². The summed E-state index contributed by atoms with van der Waals surface area (Å²) in [6, 6.07) is 7.66. The lowest BCUT2D eigenvalue weighted by molar-refractivity contribution is 0.470. The first-order valence-corrected chi connectivity index (χ1v) is 5.12. The fraction of sp³-hybridized carbons (Fsp3) is 0. The lowest BCUT2D eigenvalue weighted by Gasteiger charge is -2.09. The molecule has 5 heteroatoms. The number of benzene rings is 2. The zero-order valence-corrected chi connectivity index (χ0v) is 9.34. The molecule has 0 heterocycles. The van der Waals surface area contributed by atoms with E-state index in [1.165, 1.54) is 0 Å². The second kappa shape index (κ2) is 4.59. The number of ether oxygens (including phenoxy) is 1. The molecule has 2 aromatic carbocycles. The van der Waals surface area contributed by atoms with Crippen LogP contribution in [-0.2, 0) is 0 Å². The van der Waals surface area contributed by atoms with E-state index in [2.05, 4.69) is 0 Å². The molecule has 2 nitrogen and oxygen atoms in total. The zero-order valence-electron chi connectivity index (χ0n) is 8.58. The second-order valence-electron chi connectivity index (χ2n) is 3.36. The Morgan fingerprint density at radius 1 is 1.06 bits per heavy atom. The van der Waals surface area contributed by atoms with Gasteiger partial charge in [-0.25, -0.2) is 8.78 Å². The molecule has 88 valence electrons. The molecule has 0 saturated carbocycles. The van der Waals surface area contributed by atoms with Gasteiger partial charge in [0.15, 0.2) is 5.75 Å². The summed E-state index contributed by atoms with van der Waals surface area (Å²) in [5, 5.41) is 0.319. The van der Waals surface area contributed by atoms with Gasteiger partial charge in [0.25, 0.3) is 0 Å². The predicted molar refractivity (Wildman–Crippen MR) is 62.3 cm³/mol. The third-order valence-corrected chi connectivity index (χ3v) is 2.41. The van der Waals surface area contributed by atoms with Crippen LogP contribution in [0.15, 0.2) is 36.4 Å². The van der Waals surface area contributed by atoms with Crippen molar-refractivity contribution < 1.29 is 13.5 Å². The van der Waals surface area contributed by atoms with Crippen LogP contribution in [0, 0.1) is 11.6 Å². The van der Waals surface area contributed by atoms with Gasteiger partial charge >= 0.3 is 0 Å². The number of hydrogen-bond acceptors (Lipinski definition) is 2. The summed E-state index contributed by atoms with van der Waals surface area (Å²) >= 11 is 5.79. The molecular formula is C12H8ClF2NO. The average molecular weight is 256 g/mol. The van der Waals surface area contributed by atoms with Crippen LogP contribution in [-0.4, -0.2) is 0 Å². The van der Waals surface area contributed by atoms with Crippen LogP contribution in [0.25, 0.3) is 0 Å². The fourth-order valence-electron chi connectivity index (χ4n) is 1.32. The van der Waals surface area contributed by atoms with Crippen molar-refractivity contribution in [2.24, 2.45) is 0 Å². The zero-order chi connectivity index (χ0) is 12.4. The van der Waals surface area contributed by atoms with Gasteiger partial charge in [-0.05, 0) is 12.1 Å². The Balaban J connectivity index is 2.34. The van der Waals surface area contributed by atoms with E-state index in [1.54, 1.807) is 18.2 Å². The lowest BCUT2D eigenvalue weighted by atomic mass is 10.3. The normalized spacial score (nSPS) is 10.3. The van der Waals surface area contributed by atoms with E-state index < -0.39 is 11.6 Å². The molecular weight excluding hydrogens is 248 g/mol. The standard InChI is InChI=1S/C12H8ClF2NO/c13-10-2-1-3-11(12(10)16)17-9-5-7(14)4-8(15)6-9/h1-6H,16H2. The number of rotatable bonds is 2. The minimum atomic E-state index is -0.722. The van der Waals surface area contributed by atoms with Crippen molar-refractivity contribution in [3.8, 4) is 11.5 Å². The van der Waals surface area contributed by atoms with Gasteiger partial charge in [0.05, 0.1) is 10.7 Å². The highest BCUT2D eigenvalue weighted by atomic mass is 35.5. The van der Waals surface area contributed by atoms with Crippen molar-refractivity contribution in [2.75, 3.05) is 5.73 Å². The fourth-order valence-corrected chi connectivity index (χ4v) is 1.49. The minimum Gasteiger partial charge on any atom is -0.455 e. The van der Waals surface area contributed by atoms with Crippen LogP contribution >= 0.6 is 11.6 Å². The Hall–Kier alpha value is -1.81. The number of halogens is 3. The number of anilines is 1. The molecule has 0 unspecified atom stereocenters. The molecule has 0 aliphatic heterocycles. The maximum absolute atomic E-state index is 12.9. The van der Waals surface area contributed by atoms with Gasteiger partial charge in [0.1, 0.15) is 17.4 Å². The van der Waals surface area contributed by atoms with Crippen LogP contribution in [0.3, 0.4) is 0 Å². The molecule has 0 spiro atoms.